The zero-order chi connectivity index (χ0) is 14.4. The molecule has 0 saturated carbocycles. The van der Waals surface area contributed by atoms with Gasteiger partial charge in [0.2, 0.25) is 0 Å². The first-order chi connectivity index (χ1) is 9.53. The normalized spacial score (nSPS) is 24.8. The van der Waals surface area contributed by atoms with E-state index in [0.717, 1.165) is 38.4 Å². The lowest BCUT2D eigenvalue weighted by Crippen LogP contribution is -2.44. The average molecular weight is 290 g/mol. The van der Waals surface area contributed by atoms with Gasteiger partial charge in [0.25, 0.3) is 0 Å². The van der Waals surface area contributed by atoms with Crippen molar-refractivity contribution in [3.05, 3.63) is 11.8 Å². The van der Waals surface area contributed by atoms with E-state index in [1.54, 1.807) is 0 Å². The van der Waals surface area contributed by atoms with Gasteiger partial charge in [0.05, 0.1) is 12.2 Å². The second-order valence-electron chi connectivity index (χ2n) is 5.38. The van der Waals surface area contributed by atoms with Gasteiger partial charge < -0.3 is 5.32 Å². The van der Waals surface area contributed by atoms with Crippen molar-refractivity contribution in [2.24, 2.45) is 16.1 Å². The van der Waals surface area contributed by atoms with Gasteiger partial charge in [-0.25, -0.2) is 0 Å². The molecular formula is C13H21F3N4. The van der Waals surface area contributed by atoms with Gasteiger partial charge in [-0.1, -0.05) is 6.08 Å². The smallest absolute Gasteiger partial charge is 0.314 e. The maximum Gasteiger partial charge on any atom is 0.389 e. The molecule has 2 rings (SSSR count). The molecule has 0 aromatic rings. The number of nitrogens with one attached hydrogen (secondary N) is 1. The summed E-state index contributed by atoms with van der Waals surface area (Å²) in [5, 5.41) is 11.5. The molecule has 0 spiro atoms. The molecule has 1 N–H and O–H groups in total. The SMILES string of the molecule is FC(F)(F)CCCC1C=C(CN2CCNCC2)N=NC1. The maximum atomic E-state index is 12.1. The van der Waals surface area contributed by atoms with Crippen molar-refractivity contribution in [3.63, 3.8) is 0 Å². The molecule has 7 heteroatoms. The fourth-order valence-electron chi connectivity index (χ4n) is 2.52. The first-order valence-corrected chi connectivity index (χ1v) is 7.11. The van der Waals surface area contributed by atoms with Crippen LogP contribution < -0.4 is 5.32 Å². The van der Waals surface area contributed by atoms with Gasteiger partial charge in [-0.3, -0.25) is 4.90 Å². The summed E-state index contributed by atoms with van der Waals surface area (Å²) in [7, 11) is 0. The van der Waals surface area contributed by atoms with E-state index < -0.39 is 12.6 Å². The molecule has 0 aliphatic carbocycles. The van der Waals surface area contributed by atoms with E-state index in [0.29, 0.717) is 13.0 Å². The Balaban J connectivity index is 1.76. The molecule has 1 unspecified atom stereocenters. The zero-order valence-corrected chi connectivity index (χ0v) is 11.5. The third-order valence-electron chi connectivity index (χ3n) is 3.57. The van der Waals surface area contributed by atoms with Crippen LogP contribution in [0, 0.1) is 5.92 Å². The summed E-state index contributed by atoms with van der Waals surface area (Å²) in [6.45, 7) is 5.17. The summed E-state index contributed by atoms with van der Waals surface area (Å²) in [6.07, 6.45) is -2.05. The maximum absolute atomic E-state index is 12.1. The number of halogens is 3. The lowest BCUT2D eigenvalue weighted by molar-refractivity contribution is -0.135. The standard InChI is InChI=1S/C13H21F3N4/c14-13(15,16)3-1-2-11-8-12(19-18-9-11)10-20-6-4-17-5-7-20/h8,11,17H,1-7,9-10H2. The molecule has 2 heterocycles. The minimum absolute atomic E-state index is 0.104. The highest BCUT2D eigenvalue weighted by Gasteiger charge is 2.26. The van der Waals surface area contributed by atoms with E-state index in [1.807, 2.05) is 6.08 Å². The Morgan fingerprint density at radius 3 is 2.75 bits per heavy atom. The van der Waals surface area contributed by atoms with Crippen molar-refractivity contribution in [2.75, 3.05) is 39.3 Å². The Hall–Kier alpha value is -0.950. The van der Waals surface area contributed by atoms with Crippen LogP contribution in [0.3, 0.4) is 0 Å². The van der Waals surface area contributed by atoms with Gasteiger partial charge in [-0.05, 0) is 12.8 Å². The van der Waals surface area contributed by atoms with Crippen LogP contribution in [-0.4, -0.2) is 50.3 Å². The Morgan fingerprint density at radius 2 is 2.05 bits per heavy atom. The third kappa shape index (κ3) is 5.58. The lowest BCUT2D eigenvalue weighted by atomic mass is 9.99. The van der Waals surface area contributed by atoms with Crippen molar-refractivity contribution < 1.29 is 13.2 Å². The number of nitrogens with zero attached hydrogens (tertiary/aromatic N) is 3. The molecule has 0 aromatic heterocycles. The molecule has 1 saturated heterocycles. The van der Waals surface area contributed by atoms with Gasteiger partial charge in [0, 0.05) is 45.1 Å². The number of hydrogen-bond donors (Lipinski definition) is 1. The number of alkyl halides is 3. The Bertz CT molecular complexity index is 359. The van der Waals surface area contributed by atoms with Crippen LogP contribution in [0.5, 0.6) is 0 Å². The summed E-state index contributed by atoms with van der Waals surface area (Å²) < 4.78 is 36.4. The van der Waals surface area contributed by atoms with E-state index in [2.05, 4.69) is 20.4 Å². The molecule has 0 radical (unpaired) electrons. The first kappa shape index (κ1) is 15.4. The molecule has 0 amide bonds. The zero-order valence-electron chi connectivity index (χ0n) is 11.5. The predicted octanol–water partition coefficient (Wildman–Crippen LogP) is 2.59. The van der Waals surface area contributed by atoms with Crippen molar-refractivity contribution in [1.29, 1.82) is 0 Å². The Kier molecular flexibility index (Phi) is 5.54. The fraction of sp³-hybridized carbons (Fsp3) is 0.846. The number of piperazine rings is 1. The van der Waals surface area contributed by atoms with Gasteiger partial charge >= 0.3 is 6.18 Å². The molecule has 1 atom stereocenters. The Labute approximate surface area is 117 Å². The quantitative estimate of drug-likeness (QED) is 0.845. The van der Waals surface area contributed by atoms with Crippen LogP contribution >= 0.6 is 0 Å². The van der Waals surface area contributed by atoms with Crippen LogP contribution in [0.1, 0.15) is 19.3 Å². The molecule has 0 aromatic carbocycles. The fourth-order valence-corrected chi connectivity index (χ4v) is 2.52. The molecule has 2 aliphatic heterocycles. The summed E-state index contributed by atoms with van der Waals surface area (Å²) in [5.41, 5.74) is 0.898. The van der Waals surface area contributed by atoms with Crippen LogP contribution in [0.2, 0.25) is 0 Å². The largest absolute Gasteiger partial charge is 0.389 e. The van der Waals surface area contributed by atoms with Crippen LogP contribution in [0.25, 0.3) is 0 Å². The average Bonchev–Trinajstić information content (AvgIpc) is 2.39. The monoisotopic (exact) mass is 290 g/mol. The number of rotatable bonds is 5. The highest BCUT2D eigenvalue weighted by atomic mass is 19.4. The van der Waals surface area contributed by atoms with Gasteiger partial charge in [-0.15, -0.1) is 0 Å². The second-order valence-corrected chi connectivity index (χ2v) is 5.38. The van der Waals surface area contributed by atoms with Crippen LogP contribution in [0.4, 0.5) is 13.2 Å². The van der Waals surface area contributed by atoms with Gasteiger partial charge in [0.1, 0.15) is 0 Å². The van der Waals surface area contributed by atoms with Crippen molar-refractivity contribution in [1.82, 2.24) is 10.2 Å². The molecule has 2 aliphatic rings. The minimum Gasteiger partial charge on any atom is -0.314 e. The highest BCUT2D eigenvalue weighted by molar-refractivity contribution is 5.07. The van der Waals surface area contributed by atoms with Crippen molar-refractivity contribution >= 4 is 0 Å². The predicted molar refractivity (Wildman–Crippen MR) is 70.5 cm³/mol. The van der Waals surface area contributed by atoms with E-state index in [4.69, 9.17) is 0 Å². The number of azo groups is 1. The van der Waals surface area contributed by atoms with E-state index >= 15 is 0 Å². The van der Waals surface area contributed by atoms with Crippen molar-refractivity contribution in [3.8, 4) is 0 Å². The molecule has 20 heavy (non-hydrogen) atoms. The summed E-state index contributed by atoms with van der Waals surface area (Å²) >= 11 is 0. The first-order valence-electron chi connectivity index (χ1n) is 7.11. The van der Waals surface area contributed by atoms with Crippen LogP contribution in [0.15, 0.2) is 22.0 Å². The molecule has 0 bridgehead atoms. The van der Waals surface area contributed by atoms with E-state index in [-0.39, 0.29) is 12.3 Å². The molecular weight excluding hydrogens is 269 g/mol. The van der Waals surface area contributed by atoms with Crippen molar-refractivity contribution in [2.45, 2.75) is 25.4 Å². The number of hydrogen-bond acceptors (Lipinski definition) is 4. The lowest BCUT2D eigenvalue weighted by Gasteiger charge is -2.27. The van der Waals surface area contributed by atoms with Gasteiger partial charge in [0.15, 0.2) is 0 Å². The second kappa shape index (κ2) is 7.17. The minimum atomic E-state index is -4.05. The molecule has 1 fully saturated rings. The molecule has 4 nitrogen and oxygen atoms in total. The summed E-state index contributed by atoms with van der Waals surface area (Å²) in [4.78, 5) is 2.29. The third-order valence-corrected chi connectivity index (χ3v) is 3.57. The van der Waals surface area contributed by atoms with E-state index in [1.165, 1.54) is 0 Å². The van der Waals surface area contributed by atoms with E-state index in [9.17, 15) is 13.2 Å². The summed E-state index contributed by atoms with van der Waals surface area (Å²) in [6, 6.07) is 0. The van der Waals surface area contributed by atoms with Gasteiger partial charge in [-0.2, -0.15) is 23.4 Å². The topological polar surface area (TPSA) is 40.0 Å². The van der Waals surface area contributed by atoms with Crippen LogP contribution in [-0.2, 0) is 0 Å². The Morgan fingerprint density at radius 1 is 1.30 bits per heavy atom. The summed E-state index contributed by atoms with van der Waals surface area (Å²) in [5.74, 6) is 0.104. The molecule has 114 valence electrons. The highest BCUT2D eigenvalue weighted by Crippen LogP contribution is 2.25.